The van der Waals surface area contributed by atoms with E-state index in [2.05, 4.69) is 140 Å². The minimum Gasteiger partial charge on any atom is -0.335 e. The van der Waals surface area contributed by atoms with Crippen LogP contribution in [0.15, 0.2) is 202 Å². The third-order valence-electron chi connectivity index (χ3n) is 11.0. The average Bonchev–Trinajstić information content (AvgIpc) is 3.66. The summed E-state index contributed by atoms with van der Waals surface area (Å²) in [5, 5.41) is 2.20. The van der Waals surface area contributed by atoms with Crippen molar-refractivity contribution in [3.63, 3.8) is 0 Å². The van der Waals surface area contributed by atoms with E-state index in [4.69, 9.17) is 9.98 Å². The van der Waals surface area contributed by atoms with Crippen LogP contribution in [0.2, 0.25) is 0 Å². The first-order valence-electron chi connectivity index (χ1n) is 19.8. The van der Waals surface area contributed by atoms with Crippen molar-refractivity contribution < 1.29 is 0 Å². The van der Waals surface area contributed by atoms with E-state index in [0.717, 1.165) is 83.6 Å². The van der Waals surface area contributed by atoms with Crippen LogP contribution < -0.4 is 4.90 Å². The van der Waals surface area contributed by atoms with Crippen LogP contribution in [0.3, 0.4) is 0 Å². The normalized spacial score (nSPS) is 12.6. The third kappa shape index (κ3) is 6.56. The molecule has 0 amide bonds. The summed E-state index contributed by atoms with van der Waals surface area (Å²) in [4.78, 5) is 31.2. The van der Waals surface area contributed by atoms with Crippen LogP contribution in [0.5, 0.6) is 0 Å². The fourth-order valence-electron chi connectivity index (χ4n) is 8.27. The first-order valence-corrected chi connectivity index (χ1v) is 19.8. The van der Waals surface area contributed by atoms with Crippen LogP contribution >= 0.6 is 0 Å². The molecule has 8 heteroatoms. The molecule has 286 valence electrons. The standard InChI is InChI=1S/C52H38N8/c1-53-45-23-5-8-26-48(45)59-34-39-27-28-41-40-19-3-7-25-47(40)60(50(41)49(39)42-20-4-6-24-46(42)59)52(57-33-35-15-13-16-36(31-35)43-21-9-11-29-55-43)58-51(54-2)38-18-14-17-37(32-38)44-22-10-12-30-56-44/h3-32H,1-2,33-34H2/b57-52?,58-51-. The number of fused-ring (bicyclic) bond motifs is 7. The van der Waals surface area contributed by atoms with Crippen molar-refractivity contribution in [3.05, 3.63) is 199 Å². The van der Waals surface area contributed by atoms with Gasteiger partial charge in [-0.1, -0.05) is 109 Å². The molecule has 10 rings (SSSR count). The molecule has 9 aromatic rings. The number of amidine groups is 1. The molecular weight excluding hydrogens is 737 g/mol. The molecule has 0 aliphatic carbocycles. The summed E-state index contributed by atoms with van der Waals surface area (Å²) in [6, 6.07) is 58.0. The van der Waals surface area contributed by atoms with E-state index in [1.807, 2.05) is 79.0 Å². The van der Waals surface area contributed by atoms with Crippen LogP contribution in [0.1, 0.15) is 16.7 Å². The molecule has 0 fully saturated rings. The summed E-state index contributed by atoms with van der Waals surface area (Å²) in [5.41, 5.74) is 13.9. The second-order valence-electron chi connectivity index (χ2n) is 14.5. The van der Waals surface area contributed by atoms with Crippen LogP contribution in [0, 0.1) is 0 Å². The number of hydrogen-bond acceptors (Lipinski definition) is 5. The lowest BCUT2D eigenvalue weighted by Gasteiger charge is -2.34. The van der Waals surface area contributed by atoms with Crippen LogP contribution in [-0.2, 0) is 13.1 Å². The Morgan fingerprint density at radius 2 is 1.32 bits per heavy atom. The van der Waals surface area contributed by atoms with Crippen molar-refractivity contribution in [2.24, 2.45) is 20.0 Å². The average molecular weight is 775 g/mol. The van der Waals surface area contributed by atoms with Crippen molar-refractivity contribution >= 4 is 64.1 Å². The minimum atomic E-state index is 0.358. The van der Waals surface area contributed by atoms with E-state index < -0.39 is 0 Å². The zero-order valence-electron chi connectivity index (χ0n) is 32.7. The van der Waals surface area contributed by atoms with Gasteiger partial charge in [-0.05, 0) is 85.2 Å². The van der Waals surface area contributed by atoms with Gasteiger partial charge in [0, 0.05) is 63.2 Å². The summed E-state index contributed by atoms with van der Waals surface area (Å²) < 4.78 is 2.21. The fourth-order valence-corrected chi connectivity index (χ4v) is 8.27. The van der Waals surface area contributed by atoms with E-state index in [1.54, 1.807) is 6.20 Å². The van der Waals surface area contributed by atoms with E-state index in [0.29, 0.717) is 24.9 Å². The number of rotatable bonds is 7. The topological polar surface area (TPSA) is 83.4 Å². The highest BCUT2D eigenvalue weighted by molar-refractivity contribution is 6.21. The predicted molar refractivity (Wildman–Crippen MR) is 248 cm³/mol. The van der Waals surface area contributed by atoms with Gasteiger partial charge >= 0.3 is 0 Å². The molecular formula is C52H38N8. The molecule has 6 aromatic carbocycles. The highest BCUT2D eigenvalue weighted by atomic mass is 15.2. The lowest BCUT2D eigenvalue weighted by molar-refractivity contribution is 0.961. The fraction of sp³-hybridized carbons (Fsp3) is 0.0385. The number of aliphatic imine (C=N–C) groups is 4. The van der Waals surface area contributed by atoms with Crippen molar-refractivity contribution in [1.29, 1.82) is 0 Å². The summed E-state index contributed by atoms with van der Waals surface area (Å²) in [6.07, 6.45) is 3.61. The summed E-state index contributed by atoms with van der Waals surface area (Å²) >= 11 is 0. The molecule has 0 N–H and O–H groups in total. The Morgan fingerprint density at radius 1 is 0.617 bits per heavy atom. The summed E-state index contributed by atoms with van der Waals surface area (Å²) in [5.74, 6) is 0.939. The molecule has 0 atom stereocenters. The Balaban J connectivity index is 1.21. The molecule has 0 radical (unpaired) electrons. The molecule has 4 heterocycles. The third-order valence-corrected chi connectivity index (χ3v) is 11.0. The maximum Gasteiger partial charge on any atom is 0.232 e. The number of benzene rings is 6. The Kier molecular flexibility index (Phi) is 9.48. The number of para-hydroxylation sites is 4. The predicted octanol–water partition coefficient (Wildman–Crippen LogP) is 12.1. The second-order valence-corrected chi connectivity index (χ2v) is 14.5. The Bertz CT molecular complexity index is 3150. The zero-order chi connectivity index (χ0) is 40.4. The zero-order valence-corrected chi connectivity index (χ0v) is 32.7. The van der Waals surface area contributed by atoms with Crippen molar-refractivity contribution in [3.8, 4) is 33.6 Å². The molecule has 8 nitrogen and oxygen atoms in total. The van der Waals surface area contributed by atoms with Gasteiger partial charge in [0.15, 0.2) is 5.84 Å². The lowest BCUT2D eigenvalue weighted by atomic mass is 9.90. The van der Waals surface area contributed by atoms with Gasteiger partial charge in [-0.3, -0.25) is 19.5 Å². The number of pyridine rings is 2. The first kappa shape index (κ1) is 36.3. The molecule has 0 spiro atoms. The molecule has 0 saturated carbocycles. The molecule has 0 saturated heterocycles. The number of hydrogen-bond donors (Lipinski definition) is 0. The molecule has 0 bridgehead atoms. The molecule has 3 aromatic heterocycles. The van der Waals surface area contributed by atoms with E-state index in [-0.39, 0.29) is 0 Å². The van der Waals surface area contributed by atoms with Gasteiger partial charge in [-0.2, -0.15) is 4.99 Å². The van der Waals surface area contributed by atoms with Gasteiger partial charge in [0.05, 0.1) is 40.3 Å². The summed E-state index contributed by atoms with van der Waals surface area (Å²) in [6.45, 7) is 8.91. The van der Waals surface area contributed by atoms with E-state index in [1.165, 1.54) is 5.56 Å². The first-order chi connectivity index (χ1) is 29.7. The molecule has 1 aliphatic rings. The lowest BCUT2D eigenvalue weighted by Crippen LogP contribution is -2.22. The van der Waals surface area contributed by atoms with E-state index >= 15 is 0 Å². The van der Waals surface area contributed by atoms with Gasteiger partial charge in [-0.15, -0.1) is 0 Å². The Morgan fingerprint density at radius 3 is 2.08 bits per heavy atom. The monoisotopic (exact) mass is 774 g/mol. The van der Waals surface area contributed by atoms with Gasteiger partial charge in [-0.25, -0.2) is 9.98 Å². The van der Waals surface area contributed by atoms with Gasteiger partial charge < -0.3 is 4.90 Å². The van der Waals surface area contributed by atoms with Crippen LogP contribution in [0.25, 0.3) is 55.4 Å². The van der Waals surface area contributed by atoms with Crippen LogP contribution in [0.4, 0.5) is 17.1 Å². The van der Waals surface area contributed by atoms with Crippen molar-refractivity contribution in [1.82, 2.24) is 14.5 Å². The van der Waals surface area contributed by atoms with Gasteiger partial charge in [0.25, 0.3) is 0 Å². The van der Waals surface area contributed by atoms with Crippen molar-refractivity contribution in [2.45, 2.75) is 13.1 Å². The second kappa shape index (κ2) is 15.7. The smallest absolute Gasteiger partial charge is 0.232 e. The number of nitrogens with zero attached hydrogens (tertiary/aromatic N) is 8. The van der Waals surface area contributed by atoms with E-state index in [9.17, 15) is 0 Å². The maximum absolute atomic E-state index is 5.40. The molecule has 1 aliphatic heterocycles. The minimum absolute atomic E-state index is 0.358. The quantitative estimate of drug-likeness (QED) is 0.119. The van der Waals surface area contributed by atoms with Crippen LogP contribution in [-0.4, -0.2) is 39.8 Å². The Labute approximate surface area is 348 Å². The highest BCUT2D eigenvalue weighted by Crippen LogP contribution is 2.49. The Hall–Kier alpha value is -8.10. The van der Waals surface area contributed by atoms with Gasteiger partial charge in [0.2, 0.25) is 5.96 Å². The largest absolute Gasteiger partial charge is 0.335 e. The summed E-state index contributed by atoms with van der Waals surface area (Å²) in [7, 11) is 0. The number of anilines is 2. The molecule has 0 unspecified atom stereocenters. The maximum atomic E-state index is 5.40. The van der Waals surface area contributed by atoms with Crippen molar-refractivity contribution in [2.75, 3.05) is 4.90 Å². The van der Waals surface area contributed by atoms with Gasteiger partial charge in [0.1, 0.15) is 0 Å². The highest BCUT2D eigenvalue weighted by Gasteiger charge is 2.29. The number of aromatic nitrogens is 3. The molecule has 60 heavy (non-hydrogen) atoms. The SMILES string of the molecule is C=N/C(=N\C(=NCc1cccc(-c2ccccn2)c1)n1c2ccccc2c2ccc3c(c21)-c1ccccc1N(c1ccccc1N=C)C3)c1cccc(-c2ccccn2)c1.